The summed E-state index contributed by atoms with van der Waals surface area (Å²) in [7, 11) is 0. The average Bonchev–Trinajstić information content (AvgIpc) is 2.95. The van der Waals surface area contributed by atoms with Gasteiger partial charge < -0.3 is 24.8 Å². The molecule has 0 aliphatic carbocycles. The van der Waals surface area contributed by atoms with Crippen molar-refractivity contribution in [3.63, 3.8) is 0 Å². The molecule has 2 amide bonds. The first-order valence-corrected chi connectivity index (χ1v) is 13.1. The lowest BCUT2D eigenvalue weighted by molar-refractivity contribution is -0.151. The molecule has 0 bridgehead atoms. The highest BCUT2D eigenvalue weighted by atomic mass is 16.5. The van der Waals surface area contributed by atoms with E-state index in [1.54, 1.807) is 23.2 Å². The van der Waals surface area contributed by atoms with Crippen molar-refractivity contribution in [1.29, 1.82) is 0 Å². The Balaban J connectivity index is 1.16. The Bertz CT molecular complexity index is 1210. The van der Waals surface area contributed by atoms with Gasteiger partial charge in [-0.2, -0.15) is 0 Å². The van der Waals surface area contributed by atoms with Crippen LogP contribution in [0.15, 0.2) is 79.1 Å². The largest absolute Gasteiger partial charge is 0.389 e. The number of hydrogen-bond acceptors (Lipinski definition) is 6. The number of hydrogen-bond donors (Lipinski definition) is 2. The van der Waals surface area contributed by atoms with Crippen LogP contribution in [0.1, 0.15) is 35.2 Å². The van der Waals surface area contributed by atoms with E-state index in [-0.39, 0.29) is 56.2 Å². The molecule has 0 spiro atoms. The zero-order valence-electron chi connectivity index (χ0n) is 21.2. The van der Waals surface area contributed by atoms with Crippen LogP contribution in [0.25, 0.3) is 11.1 Å². The standard InChI is InChI=1S/C30H33N3O5/c34-25-18-33(30(36)24-7-4-14-31-17-24)27-13-12-26(38-28(27)20-37-19-25)15-29(35)32-16-21-8-10-23(11-9-21)22-5-2-1-3-6-22/h1-11,14,17,25-28,34H,12-13,15-16,18-20H2,(H,32,35)/t25-,26-,27-,28+/m0/s1. The predicted molar refractivity (Wildman–Crippen MR) is 142 cm³/mol. The second kappa shape index (κ2) is 12.3. The number of nitrogens with zero attached hydrogens (tertiary/aromatic N) is 2. The van der Waals surface area contributed by atoms with Crippen LogP contribution in [0.5, 0.6) is 0 Å². The average molecular weight is 516 g/mol. The number of amides is 2. The van der Waals surface area contributed by atoms with Gasteiger partial charge in [0.1, 0.15) is 6.10 Å². The lowest BCUT2D eigenvalue weighted by Gasteiger charge is -2.44. The first-order valence-electron chi connectivity index (χ1n) is 13.1. The molecule has 3 heterocycles. The molecular weight excluding hydrogens is 482 g/mol. The molecule has 38 heavy (non-hydrogen) atoms. The zero-order valence-corrected chi connectivity index (χ0v) is 21.2. The molecule has 8 nitrogen and oxygen atoms in total. The molecule has 2 aromatic carbocycles. The molecule has 5 rings (SSSR count). The summed E-state index contributed by atoms with van der Waals surface area (Å²) < 4.78 is 12.0. The molecule has 4 atom stereocenters. The maximum absolute atomic E-state index is 13.3. The van der Waals surface area contributed by atoms with Gasteiger partial charge in [-0.05, 0) is 41.7 Å². The number of benzene rings is 2. The minimum absolute atomic E-state index is 0.0777. The van der Waals surface area contributed by atoms with Gasteiger partial charge in [-0.3, -0.25) is 14.6 Å². The topological polar surface area (TPSA) is 101 Å². The summed E-state index contributed by atoms with van der Waals surface area (Å²) in [5.41, 5.74) is 3.79. The van der Waals surface area contributed by atoms with Crippen LogP contribution in [-0.2, 0) is 20.8 Å². The van der Waals surface area contributed by atoms with Crippen molar-refractivity contribution in [2.75, 3.05) is 19.8 Å². The normalized spacial score (nSPS) is 23.6. The molecule has 2 aliphatic rings. The molecule has 2 fully saturated rings. The van der Waals surface area contributed by atoms with Gasteiger partial charge in [0.15, 0.2) is 0 Å². The Hall–Kier alpha value is -3.59. The van der Waals surface area contributed by atoms with Crippen LogP contribution in [-0.4, -0.2) is 70.9 Å². The van der Waals surface area contributed by atoms with Gasteiger partial charge in [0, 0.05) is 25.5 Å². The summed E-state index contributed by atoms with van der Waals surface area (Å²) in [6, 6.07) is 21.5. The quantitative estimate of drug-likeness (QED) is 0.523. The zero-order chi connectivity index (χ0) is 26.3. The Morgan fingerprint density at radius 1 is 0.974 bits per heavy atom. The highest BCUT2D eigenvalue weighted by molar-refractivity contribution is 5.94. The van der Waals surface area contributed by atoms with Crippen LogP contribution < -0.4 is 5.32 Å². The number of aliphatic hydroxyl groups is 1. The highest BCUT2D eigenvalue weighted by Crippen LogP contribution is 2.29. The van der Waals surface area contributed by atoms with Crippen LogP contribution in [0.2, 0.25) is 0 Å². The molecule has 0 radical (unpaired) electrons. The van der Waals surface area contributed by atoms with Crippen molar-refractivity contribution in [2.45, 2.75) is 50.2 Å². The summed E-state index contributed by atoms with van der Waals surface area (Å²) in [5, 5.41) is 13.3. The van der Waals surface area contributed by atoms with Gasteiger partial charge in [-0.15, -0.1) is 0 Å². The number of pyridine rings is 1. The van der Waals surface area contributed by atoms with Gasteiger partial charge in [0.2, 0.25) is 5.91 Å². The molecule has 0 unspecified atom stereocenters. The Labute approximate surface area is 222 Å². The van der Waals surface area contributed by atoms with E-state index in [0.717, 1.165) is 16.7 Å². The van der Waals surface area contributed by atoms with E-state index in [0.29, 0.717) is 24.9 Å². The van der Waals surface area contributed by atoms with Crippen molar-refractivity contribution >= 4 is 11.8 Å². The molecule has 2 aliphatic heterocycles. The van der Waals surface area contributed by atoms with E-state index in [2.05, 4.69) is 34.6 Å². The predicted octanol–water partition coefficient (Wildman–Crippen LogP) is 3.20. The summed E-state index contributed by atoms with van der Waals surface area (Å²) in [6.07, 6.45) is 3.27. The smallest absolute Gasteiger partial charge is 0.255 e. The maximum atomic E-state index is 13.3. The highest BCUT2D eigenvalue weighted by Gasteiger charge is 2.40. The number of nitrogens with one attached hydrogen (secondary N) is 1. The number of carbonyl (C=O) groups excluding carboxylic acids is 2. The summed E-state index contributed by atoms with van der Waals surface area (Å²) in [5.74, 6) is -0.266. The van der Waals surface area contributed by atoms with Crippen molar-refractivity contribution in [3.05, 3.63) is 90.3 Å². The lowest BCUT2D eigenvalue weighted by Crippen LogP contribution is -2.57. The van der Waals surface area contributed by atoms with E-state index in [4.69, 9.17) is 9.47 Å². The number of fused-ring (bicyclic) bond motifs is 1. The van der Waals surface area contributed by atoms with Gasteiger partial charge >= 0.3 is 0 Å². The molecule has 8 heteroatoms. The number of ether oxygens (including phenoxy) is 2. The molecule has 2 N–H and O–H groups in total. The van der Waals surface area contributed by atoms with E-state index in [1.165, 1.54) is 6.20 Å². The SMILES string of the molecule is O=C(C[C@@H]1CC[C@H]2[C@@H](COC[C@@H](O)CN2C(=O)c2cccnc2)O1)NCc1ccc(-c2ccccc2)cc1. The monoisotopic (exact) mass is 515 g/mol. The third-order valence-corrected chi connectivity index (χ3v) is 7.11. The first-order chi connectivity index (χ1) is 18.6. The Kier molecular flexibility index (Phi) is 8.43. The van der Waals surface area contributed by atoms with E-state index in [1.807, 2.05) is 30.3 Å². The molecule has 1 aromatic heterocycles. The van der Waals surface area contributed by atoms with Crippen LogP contribution in [0, 0.1) is 0 Å². The fourth-order valence-electron chi connectivity index (χ4n) is 5.15. The van der Waals surface area contributed by atoms with Gasteiger partial charge in [0.05, 0.1) is 43.4 Å². The molecular formula is C30H33N3O5. The summed E-state index contributed by atoms with van der Waals surface area (Å²) in [6.45, 7) is 0.982. The third-order valence-electron chi connectivity index (χ3n) is 7.11. The Morgan fingerprint density at radius 3 is 2.53 bits per heavy atom. The molecule has 198 valence electrons. The molecule has 2 saturated heterocycles. The van der Waals surface area contributed by atoms with Crippen LogP contribution >= 0.6 is 0 Å². The second-order valence-corrected chi connectivity index (χ2v) is 9.88. The van der Waals surface area contributed by atoms with Crippen LogP contribution in [0.3, 0.4) is 0 Å². The fraction of sp³-hybridized carbons (Fsp3) is 0.367. The van der Waals surface area contributed by atoms with Crippen LogP contribution in [0.4, 0.5) is 0 Å². The van der Waals surface area contributed by atoms with E-state index < -0.39 is 6.10 Å². The van der Waals surface area contributed by atoms with Gasteiger partial charge in [-0.1, -0.05) is 54.6 Å². The number of carbonyl (C=O) groups is 2. The van der Waals surface area contributed by atoms with Crippen molar-refractivity contribution in [3.8, 4) is 11.1 Å². The molecule has 0 saturated carbocycles. The van der Waals surface area contributed by atoms with Gasteiger partial charge in [-0.25, -0.2) is 0 Å². The Morgan fingerprint density at radius 2 is 1.76 bits per heavy atom. The second-order valence-electron chi connectivity index (χ2n) is 9.88. The minimum atomic E-state index is -0.776. The number of β-amino-alcohol motifs (C(OH)–C–C–N with tert-alkyl or cyclic N) is 1. The van der Waals surface area contributed by atoms with E-state index >= 15 is 0 Å². The third kappa shape index (κ3) is 6.45. The fourth-order valence-corrected chi connectivity index (χ4v) is 5.15. The van der Waals surface area contributed by atoms with Crippen molar-refractivity contribution in [2.24, 2.45) is 0 Å². The summed E-state index contributed by atoms with van der Waals surface area (Å²) in [4.78, 5) is 31.7. The number of rotatable bonds is 6. The molecule has 3 aromatic rings. The number of aliphatic hydroxyl groups excluding tert-OH is 1. The van der Waals surface area contributed by atoms with Crippen molar-refractivity contribution in [1.82, 2.24) is 15.2 Å². The summed E-state index contributed by atoms with van der Waals surface area (Å²) >= 11 is 0. The maximum Gasteiger partial charge on any atom is 0.255 e. The van der Waals surface area contributed by atoms with Gasteiger partial charge in [0.25, 0.3) is 5.91 Å². The van der Waals surface area contributed by atoms with Crippen molar-refractivity contribution < 1.29 is 24.2 Å². The van der Waals surface area contributed by atoms with E-state index in [9.17, 15) is 14.7 Å². The number of aromatic nitrogens is 1. The minimum Gasteiger partial charge on any atom is -0.389 e. The first kappa shape index (κ1) is 26.0. The lowest BCUT2D eigenvalue weighted by atomic mass is 9.94.